The first-order chi connectivity index (χ1) is 9.39. The Bertz CT molecular complexity index is 424. The fourth-order valence-electron chi connectivity index (χ4n) is 2.91. The molecule has 0 spiro atoms. The zero-order chi connectivity index (χ0) is 14.8. The zero-order valence-corrected chi connectivity index (χ0v) is 13.4. The van der Waals surface area contributed by atoms with Gasteiger partial charge in [0.05, 0.1) is 6.54 Å². The molecule has 3 atom stereocenters. The van der Waals surface area contributed by atoms with Crippen molar-refractivity contribution in [2.45, 2.75) is 72.0 Å². The fraction of sp³-hybridized carbons (Fsp3) is 0.867. The van der Waals surface area contributed by atoms with Gasteiger partial charge in [0.1, 0.15) is 0 Å². The summed E-state index contributed by atoms with van der Waals surface area (Å²) in [5.74, 6) is 2.13. The number of hydrogen-bond acceptors (Lipinski definition) is 5. The Labute approximate surface area is 121 Å². The molecule has 1 heterocycles. The summed E-state index contributed by atoms with van der Waals surface area (Å²) in [6, 6.07) is 1.02. The molecule has 5 nitrogen and oxygen atoms in total. The van der Waals surface area contributed by atoms with Crippen LogP contribution in [0.3, 0.4) is 0 Å². The van der Waals surface area contributed by atoms with Crippen molar-refractivity contribution < 1.29 is 4.42 Å². The fourth-order valence-corrected chi connectivity index (χ4v) is 2.91. The normalized spacial score (nSPS) is 26.9. The molecule has 0 saturated heterocycles. The van der Waals surface area contributed by atoms with Gasteiger partial charge in [-0.3, -0.25) is 0 Å². The van der Waals surface area contributed by atoms with Crippen molar-refractivity contribution >= 4 is 6.01 Å². The minimum atomic E-state index is 0.0520. The highest BCUT2D eigenvalue weighted by Crippen LogP contribution is 2.35. The molecule has 2 N–H and O–H groups in total. The zero-order valence-electron chi connectivity index (χ0n) is 13.4. The minimum absolute atomic E-state index is 0.0520. The van der Waals surface area contributed by atoms with Crippen LogP contribution < -0.4 is 10.6 Å². The standard InChI is InChI=1S/C15H28N4O/c1-6-11-7-8-12(10(11)2)17-14-19-18-13(20-14)9-16-15(3,4)5/h10-12,16H,6-9H2,1-5H3,(H,17,19). The summed E-state index contributed by atoms with van der Waals surface area (Å²) in [6.45, 7) is 11.6. The molecule has 0 aromatic carbocycles. The maximum absolute atomic E-state index is 5.66. The summed E-state index contributed by atoms with van der Waals surface area (Å²) in [4.78, 5) is 0. The monoisotopic (exact) mass is 280 g/mol. The van der Waals surface area contributed by atoms with Crippen molar-refractivity contribution in [3.8, 4) is 0 Å². The van der Waals surface area contributed by atoms with E-state index in [1.165, 1.54) is 19.3 Å². The Morgan fingerprint density at radius 1 is 1.25 bits per heavy atom. The molecule has 3 unspecified atom stereocenters. The molecule has 0 radical (unpaired) electrons. The summed E-state index contributed by atoms with van der Waals surface area (Å²) in [6.07, 6.45) is 3.74. The number of hydrogen-bond donors (Lipinski definition) is 2. The lowest BCUT2D eigenvalue weighted by Crippen LogP contribution is -2.35. The first-order valence-electron chi connectivity index (χ1n) is 7.73. The molecule has 1 aliphatic rings. The van der Waals surface area contributed by atoms with Gasteiger partial charge in [0.2, 0.25) is 5.89 Å². The van der Waals surface area contributed by atoms with Crippen molar-refractivity contribution in [3.05, 3.63) is 5.89 Å². The first kappa shape index (κ1) is 15.3. The predicted octanol–water partition coefficient (Wildman–Crippen LogP) is 3.19. The quantitative estimate of drug-likeness (QED) is 0.867. The van der Waals surface area contributed by atoms with Gasteiger partial charge in [-0.2, -0.15) is 0 Å². The molecule has 20 heavy (non-hydrogen) atoms. The second-order valence-electron chi connectivity index (χ2n) is 6.96. The molecular weight excluding hydrogens is 252 g/mol. The van der Waals surface area contributed by atoms with E-state index >= 15 is 0 Å². The van der Waals surface area contributed by atoms with E-state index in [0.29, 0.717) is 30.4 Å². The Balaban J connectivity index is 1.87. The highest BCUT2D eigenvalue weighted by molar-refractivity contribution is 5.21. The predicted molar refractivity (Wildman–Crippen MR) is 80.5 cm³/mol. The molecule has 114 valence electrons. The molecule has 1 aliphatic carbocycles. The number of nitrogens with one attached hydrogen (secondary N) is 2. The average Bonchev–Trinajstić information content (AvgIpc) is 2.95. The van der Waals surface area contributed by atoms with E-state index in [-0.39, 0.29) is 5.54 Å². The van der Waals surface area contributed by atoms with E-state index in [1.54, 1.807) is 0 Å². The van der Waals surface area contributed by atoms with Crippen LogP contribution in [0.4, 0.5) is 6.01 Å². The summed E-state index contributed by atoms with van der Waals surface area (Å²) in [7, 11) is 0. The highest BCUT2D eigenvalue weighted by atomic mass is 16.4. The second kappa shape index (κ2) is 6.12. The van der Waals surface area contributed by atoms with Crippen LogP contribution in [0.15, 0.2) is 4.42 Å². The number of nitrogens with zero attached hydrogens (tertiary/aromatic N) is 2. The summed E-state index contributed by atoms with van der Waals surface area (Å²) >= 11 is 0. The molecule has 1 aromatic heterocycles. The Hall–Kier alpha value is -1.10. The summed E-state index contributed by atoms with van der Waals surface area (Å²) in [5, 5.41) is 14.9. The third kappa shape index (κ3) is 3.95. The van der Waals surface area contributed by atoms with Crippen LogP contribution in [-0.4, -0.2) is 21.8 Å². The van der Waals surface area contributed by atoms with E-state index in [0.717, 1.165) is 5.92 Å². The minimum Gasteiger partial charge on any atom is -0.407 e. The average molecular weight is 280 g/mol. The Morgan fingerprint density at radius 3 is 2.60 bits per heavy atom. The molecule has 5 heteroatoms. The van der Waals surface area contributed by atoms with Crippen molar-refractivity contribution in [2.24, 2.45) is 11.8 Å². The molecule has 0 amide bonds. The molecule has 1 saturated carbocycles. The van der Waals surface area contributed by atoms with E-state index in [9.17, 15) is 0 Å². The van der Waals surface area contributed by atoms with Gasteiger partial charge in [-0.05, 0) is 45.4 Å². The number of aromatic nitrogens is 2. The number of anilines is 1. The lowest BCUT2D eigenvalue weighted by molar-refractivity contribution is 0.375. The third-order valence-electron chi connectivity index (χ3n) is 4.30. The maximum atomic E-state index is 5.66. The van der Waals surface area contributed by atoms with Crippen LogP contribution in [0.1, 0.15) is 59.8 Å². The molecule has 1 fully saturated rings. The maximum Gasteiger partial charge on any atom is 0.315 e. The summed E-state index contributed by atoms with van der Waals surface area (Å²) < 4.78 is 5.66. The lowest BCUT2D eigenvalue weighted by Gasteiger charge is -2.20. The highest BCUT2D eigenvalue weighted by Gasteiger charge is 2.32. The van der Waals surface area contributed by atoms with Crippen LogP contribution in [0, 0.1) is 11.8 Å². The molecule has 1 aromatic rings. The van der Waals surface area contributed by atoms with E-state index in [1.807, 2.05) is 0 Å². The van der Waals surface area contributed by atoms with Crippen LogP contribution in [0.5, 0.6) is 0 Å². The topological polar surface area (TPSA) is 63.0 Å². The van der Waals surface area contributed by atoms with Crippen LogP contribution in [0.2, 0.25) is 0 Å². The smallest absolute Gasteiger partial charge is 0.315 e. The van der Waals surface area contributed by atoms with Gasteiger partial charge in [0.15, 0.2) is 0 Å². The van der Waals surface area contributed by atoms with Crippen molar-refractivity contribution in [1.82, 2.24) is 15.5 Å². The van der Waals surface area contributed by atoms with Gasteiger partial charge in [0.25, 0.3) is 0 Å². The van der Waals surface area contributed by atoms with Gasteiger partial charge >= 0.3 is 6.01 Å². The molecule has 0 bridgehead atoms. The largest absolute Gasteiger partial charge is 0.407 e. The van der Waals surface area contributed by atoms with Crippen LogP contribution >= 0.6 is 0 Å². The SMILES string of the molecule is CCC1CCC(Nc2nnc(CNC(C)(C)C)o2)C1C. The van der Waals surface area contributed by atoms with Crippen molar-refractivity contribution in [1.29, 1.82) is 0 Å². The van der Waals surface area contributed by atoms with Crippen LogP contribution in [-0.2, 0) is 6.54 Å². The molecule has 2 rings (SSSR count). The Morgan fingerprint density at radius 2 is 2.00 bits per heavy atom. The van der Waals surface area contributed by atoms with Gasteiger partial charge < -0.3 is 15.1 Å². The van der Waals surface area contributed by atoms with Gasteiger partial charge in [-0.1, -0.05) is 25.4 Å². The third-order valence-corrected chi connectivity index (χ3v) is 4.30. The van der Waals surface area contributed by atoms with E-state index < -0.39 is 0 Å². The van der Waals surface area contributed by atoms with Crippen molar-refractivity contribution in [3.63, 3.8) is 0 Å². The second-order valence-corrected chi connectivity index (χ2v) is 6.96. The summed E-state index contributed by atoms with van der Waals surface area (Å²) in [5.41, 5.74) is 0.0520. The van der Waals surface area contributed by atoms with E-state index in [2.05, 4.69) is 55.4 Å². The molecular formula is C15H28N4O. The van der Waals surface area contributed by atoms with Gasteiger partial charge in [-0.15, -0.1) is 5.10 Å². The van der Waals surface area contributed by atoms with Crippen LogP contribution in [0.25, 0.3) is 0 Å². The lowest BCUT2D eigenvalue weighted by atomic mass is 9.94. The molecule has 0 aliphatic heterocycles. The number of rotatable bonds is 5. The first-order valence-corrected chi connectivity index (χ1v) is 7.73. The van der Waals surface area contributed by atoms with Crippen molar-refractivity contribution in [2.75, 3.05) is 5.32 Å². The van der Waals surface area contributed by atoms with Gasteiger partial charge in [0, 0.05) is 11.6 Å². The Kier molecular flexibility index (Phi) is 4.68. The van der Waals surface area contributed by atoms with E-state index in [4.69, 9.17) is 4.42 Å². The van der Waals surface area contributed by atoms with Gasteiger partial charge in [-0.25, -0.2) is 0 Å².